The first-order valence-electron chi connectivity index (χ1n) is 4.60. The Balaban J connectivity index is 2.62. The van der Waals surface area contributed by atoms with E-state index in [-0.39, 0.29) is 17.2 Å². The van der Waals surface area contributed by atoms with E-state index in [1.165, 1.54) is 4.68 Å². The Bertz CT molecular complexity index is 577. The molecule has 0 aromatic carbocycles. The molecule has 6 heteroatoms. The van der Waals surface area contributed by atoms with E-state index in [1.54, 1.807) is 6.20 Å². The molecule has 0 bridgehead atoms. The van der Waals surface area contributed by atoms with Gasteiger partial charge in [0, 0.05) is 6.20 Å². The maximum atomic E-state index is 8.83. The van der Waals surface area contributed by atoms with Gasteiger partial charge in [-0.3, -0.25) is 0 Å². The number of aromatic nitrogens is 3. The van der Waals surface area contributed by atoms with Gasteiger partial charge in [-0.25, -0.2) is 4.98 Å². The van der Waals surface area contributed by atoms with Gasteiger partial charge < -0.3 is 11.5 Å². The maximum absolute atomic E-state index is 8.83. The predicted molar refractivity (Wildman–Crippen MR) is 59.6 cm³/mol. The number of hydrogen-bond acceptors (Lipinski definition) is 5. The molecule has 0 amide bonds. The molecule has 2 aromatic rings. The second kappa shape index (κ2) is 3.55. The highest BCUT2D eigenvalue weighted by Gasteiger charge is 2.14. The lowest BCUT2D eigenvalue weighted by Crippen LogP contribution is -2.04. The molecule has 0 radical (unpaired) electrons. The minimum Gasteiger partial charge on any atom is -0.382 e. The highest BCUT2D eigenvalue weighted by molar-refractivity contribution is 5.63. The Labute approximate surface area is 92.1 Å². The molecule has 6 nitrogen and oxygen atoms in total. The largest absolute Gasteiger partial charge is 0.382 e. The Morgan fingerprint density at radius 1 is 1.44 bits per heavy atom. The van der Waals surface area contributed by atoms with Crippen molar-refractivity contribution in [1.82, 2.24) is 14.8 Å². The van der Waals surface area contributed by atoms with Gasteiger partial charge in [-0.1, -0.05) is 0 Å². The number of anilines is 2. The van der Waals surface area contributed by atoms with E-state index in [1.807, 2.05) is 25.1 Å². The van der Waals surface area contributed by atoms with Crippen LogP contribution in [0.4, 0.5) is 11.6 Å². The minimum atomic E-state index is 0.114. The third-order valence-electron chi connectivity index (χ3n) is 2.18. The Morgan fingerprint density at radius 3 is 2.75 bits per heavy atom. The van der Waals surface area contributed by atoms with E-state index in [0.29, 0.717) is 5.82 Å². The average molecular weight is 214 g/mol. The van der Waals surface area contributed by atoms with Crippen LogP contribution < -0.4 is 11.5 Å². The van der Waals surface area contributed by atoms with E-state index >= 15 is 0 Å². The molecule has 80 valence electrons. The van der Waals surface area contributed by atoms with Crippen LogP contribution in [0.15, 0.2) is 18.3 Å². The third kappa shape index (κ3) is 1.44. The average Bonchev–Trinajstić information content (AvgIpc) is 2.54. The second-order valence-corrected chi connectivity index (χ2v) is 3.36. The third-order valence-corrected chi connectivity index (χ3v) is 2.18. The van der Waals surface area contributed by atoms with Gasteiger partial charge in [0.2, 0.25) is 0 Å². The second-order valence-electron chi connectivity index (χ2n) is 3.36. The van der Waals surface area contributed by atoms with Crippen molar-refractivity contribution in [2.45, 2.75) is 6.92 Å². The van der Waals surface area contributed by atoms with Crippen LogP contribution in [0.2, 0.25) is 0 Å². The monoisotopic (exact) mass is 214 g/mol. The standard InChI is InChI=1S/C10H10N6/c1-6-2-3-14-8(4-6)16-10(13)7(5-11)9(12)15-16/h2-4H,13H2,1H3,(H2,12,15). The molecule has 0 aliphatic carbocycles. The molecule has 0 fully saturated rings. The van der Waals surface area contributed by atoms with Crippen LogP contribution in [0.1, 0.15) is 11.1 Å². The van der Waals surface area contributed by atoms with E-state index in [9.17, 15) is 0 Å². The lowest BCUT2D eigenvalue weighted by molar-refractivity contribution is 0.860. The van der Waals surface area contributed by atoms with E-state index in [2.05, 4.69) is 10.1 Å². The van der Waals surface area contributed by atoms with Gasteiger partial charge in [0.25, 0.3) is 0 Å². The van der Waals surface area contributed by atoms with E-state index < -0.39 is 0 Å². The van der Waals surface area contributed by atoms with Crippen molar-refractivity contribution < 1.29 is 0 Å². The number of nitrogens with zero attached hydrogens (tertiary/aromatic N) is 4. The number of nitrogens with two attached hydrogens (primary N) is 2. The quantitative estimate of drug-likeness (QED) is 0.723. The summed E-state index contributed by atoms with van der Waals surface area (Å²) in [4.78, 5) is 4.11. The molecule has 2 heterocycles. The van der Waals surface area contributed by atoms with Crippen molar-refractivity contribution in [1.29, 1.82) is 5.26 Å². The van der Waals surface area contributed by atoms with Crippen molar-refractivity contribution >= 4 is 11.6 Å². The zero-order valence-corrected chi connectivity index (χ0v) is 8.68. The van der Waals surface area contributed by atoms with Crippen LogP contribution in [0.25, 0.3) is 5.82 Å². The Morgan fingerprint density at radius 2 is 2.19 bits per heavy atom. The summed E-state index contributed by atoms with van der Waals surface area (Å²) in [5.74, 6) is 0.868. The molecule has 0 unspecified atom stereocenters. The Kier molecular flexibility index (Phi) is 2.21. The van der Waals surface area contributed by atoms with Crippen LogP contribution in [-0.4, -0.2) is 14.8 Å². The normalized spacial score (nSPS) is 10.0. The van der Waals surface area contributed by atoms with Crippen molar-refractivity contribution in [3.8, 4) is 11.9 Å². The summed E-state index contributed by atoms with van der Waals surface area (Å²) in [7, 11) is 0. The van der Waals surface area contributed by atoms with Gasteiger partial charge >= 0.3 is 0 Å². The summed E-state index contributed by atoms with van der Waals surface area (Å²) in [6.07, 6.45) is 1.65. The number of aryl methyl sites for hydroxylation is 1. The summed E-state index contributed by atoms with van der Waals surface area (Å²) in [5.41, 5.74) is 12.5. The van der Waals surface area contributed by atoms with Gasteiger partial charge in [0.15, 0.2) is 11.6 Å². The molecular weight excluding hydrogens is 204 g/mol. The summed E-state index contributed by atoms with van der Waals surface area (Å²) in [5, 5.41) is 12.8. The molecular formula is C10H10N6. The number of rotatable bonds is 1. The lowest BCUT2D eigenvalue weighted by Gasteiger charge is -2.02. The van der Waals surface area contributed by atoms with Gasteiger partial charge in [-0.05, 0) is 24.6 Å². The van der Waals surface area contributed by atoms with Crippen molar-refractivity contribution in [3.05, 3.63) is 29.5 Å². The fraction of sp³-hybridized carbons (Fsp3) is 0.100. The topological polar surface area (TPSA) is 107 Å². The SMILES string of the molecule is Cc1ccnc(-n2nc(N)c(C#N)c2N)c1. The molecule has 4 N–H and O–H groups in total. The van der Waals surface area contributed by atoms with Crippen molar-refractivity contribution in [3.63, 3.8) is 0 Å². The highest BCUT2D eigenvalue weighted by Crippen LogP contribution is 2.20. The fourth-order valence-electron chi connectivity index (χ4n) is 1.37. The van der Waals surface area contributed by atoms with Crippen LogP contribution in [0.3, 0.4) is 0 Å². The molecule has 16 heavy (non-hydrogen) atoms. The molecule has 0 aliphatic heterocycles. The van der Waals surface area contributed by atoms with Crippen LogP contribution in [0.5, 0.6) is 0 Å². The molecule has 0 aliphatic rings. The van der Waals surface area contributed by atoms with Crippen LogP contribution >= 0.6 is 0 Å². The Hall–Kier alpha value is -2.55. The summed E-state index contributed by atoms with van der Waals surface area (Å²) >= 11 is 0. The predicted octanol–water partition coefficient (Wildman–Crippen LogP) is 0.612. The van der Waals surface area contributed by atoms with Gasteiger partial charge in [-0.15, -0.1) is 5.10 Å². The zero-order chi connectivity index (χ0) is 11.7. The minimum absolute atomic E-state index is 0.114. The van der Waals surface area contributed by atoms with E-state index in [4.69, 9.17) is 16.7 Å². The van der Waals surface area contributed by atoms with Crippen molar-refractivity contribution in [2.24, 2.45) is 0 Å². The van der Waals surface area contributed by atoms with Gasteiger partial charge in [0.1, 0.15) is 17.5 Å². The fourth-order valence-corrected chi connectivity index (χ4v) is 1.37. The first-order chi connectivity index (χ1) is 7.63. The number of hydrogen-bond donors (Lipinski definition) is 2. The lowest BCUT2D eigenvalue weighted by atomic mass is 10.3. The molecule has 0 saturated carbocycles. The van der Waals surface area contributed by atoms with Gasteiger partial charge in [0.05, 0.1) is 0 Å². The van der Waals surface area contributed by atoms with E-state index in [0.717, 1.165) is 5.56 Å². The first-order valence-corrected chi connectivity index (χ1v) is 4.60. The molecule has 2 rings (SSSR count). The van der Waals surface area contributed by atoms with Gasteiger partial charge in [-0.2, -0.15) is 9.94 Å². The van der Waals surface area contributed by atoms with Crippen LogP contribution in [-0.2, 0) is 0 Å². The smallest absolute Gasteiger partial charge is 0.166 e. The number of nitriles is 1. The number of pyridine rings is 1. The summed E-state index contributed by atoms with van der Waals surface area (Å²) in [6.45, 7) is 1.93. The summed E-state index contributed by atoms with van der Waals surface area (Å²) < 4.78 is 1.36. The van der Waals surface area contributed by atoms with Crippen LogP contribution in [0, 0.1) is 18.3 Å². The molecule has 0 saturated heterocycles. The highest BCUT2D eigenvalue weighted by atomic mass is 15.4. The molecule has 0 atom stereocenters. The zero-order valence-electron chi connectivity index (χ0n) is 8.68. The molecule has 2 aromatic heterocycles. The maximum Gasteiger partial charge on any atom is 0.166 e. The molecule has 0 spiro atoms. The van der Waals surface area contributed by atoms with Crippen molar-refractivity contribution in [2.75, 3.05) is 11.5 Å². The summed E-state index contributed by atoms with van der Waals surface area (Å²) in [6, 6.07) is 5.58. The first kappa shape index (κ1) is 9.98. The number of nitrogen functional groups attached to an aromatic ring is 2.